The van der Waals surface area contributed by atoms with Crippen molar-refractivity contribution in [2.45, 2.75) is 95.7 Å². The molecule has 0 spiro atoms. The van der Waals surface area contributed by atoms with Gasteiger partial charge in [0.25, 0.3) is 0 Å². The Kier molecular flexibility index (Phi) is 9.80. The van der Waals surface area contributed by atoms with E-state index in [-0.39, 0.29) is 6.10 Å². The predicted molar refractivity (Wildman–Crippen MR) is 89.9 cm³/mol. The van der Waals surface area contributed by atoms with Gasteiger partial charge in [0.1, 0.15) is 0 Å². The number of hydrogen-bond acceptors (Lipinski definition) is 2. The number of aliphatic hydroxyl groups is 1. The van der Waals surface area contributed by atoms with Crippen molar-refractivity contribution in [2.24, 2.45) is 0 Å². The Morgan fingerprint density at radius 3 is 1.85 bits per heavy atom. The van der Waals surface area contributed by atoms with Crippen molar-refractivity contribution in [1.82, 2.24) is 0 Å². The topological polar surface area (TPSA) is 29.5 Å². The third kappa shape index (κ3) is 5.49. The fourth-order valence-corrected chi connectivity index (χ4v) is 21.5. The molecule has 120 valence electrons. The first kappa shape index (κ1) is 18.8. The van der Waals surface area contributed by atoms with E-state index < -0.39 is 18.4 Å². The average Bonchev–Trinajstić information content (AvgIpc) is 2.48. The Morgan fingerprint density at radius 2 is 1.45 bits per heavy atom. The van der Waals surface area contributed by atoms with Gasteiger partial charge in [-0.15, -0.1) is 0 Å². The second kappa shape index (κ2) is 10.4. The second-order valence-corrected chi connectivity index (χ2v) is 20.4. The summed E-state index contributed by atoms with van der Waals surface area (Å²) in [7, 11) is 0. The van der Waals surface area contributed by atoms with Crippen LogP contribution in [0.1, 0.15) is 72.1 Å². The zero-order valence-electron chi connectivity index (χ0n) is 14.0. The van der Waals surface area contributed by atoms with Crippen LogP contribution in [0.4, 0.5) is 0 Å². The van der Waals surface area contributed by atoms with Crippen LogP contribution < -0.4 is 0 Å². The quantitative estimate of drug-likeness (QED) is 0.536. The summed E-state index contributed by atoms with van der Waals surface area (Å²) in [6, 6.07) is 0. The zero-order valence-corrected chi connectivity index (χ0v) is 16.8. The molecule has 1 fully saturated rings. The fourth-order valence-electron chi connectivity index (χ4n) is 3.74. The second-order valence-electron chi connectivity index (χ2n) is 6.67. The van der Waals surface area contributed by atoms with Gasteiger partial charge in [-0.25, -0.2) is 0 Å². The van der Waals surface area contributed by atoms with E-state index in [1.807, 2.05) is 0 Å². The molecule has 1 aliphatic rings. The van der Waals surface area contributed by atoms with E-state index in [4.69, 9.17) is 4.74 Å². The molecule has 0 aromatic rings. The van der Waals surface area contributed by atoms with E-state index in [2.05, 4.69) is 20.8 Å². The molecule has 20 heavy (non-hydrogen) atoms. The van der Waals surface area contributed by atoms with Gasteiger partial charge < -0.3 is 0 Å². The Bertz CT molecular complexity index is 223. The van der Waals surface area contributed by atoms with Crippen LogP contribution in [0.3, 0.4) is 0 Å². The van der Waals surface area contributed by atoms with E-state index in [0.29, 0.717) is 4.12 Å². The van der Waals surface area contributed by atoms with Gasteiger partial charge in [0.2, 0.25) is 0 Å². The first-order valence-electron chi connectivity index (χ1n) is 8.99. The van der Waals surface area contributed by atoms with E-state index >= 15 is 0 Å². The summed E-state index contributed by atoms with van der Waals surface area (Å²) < 4.78 is 10.8. The molecule has 1 heterocycles. The molecule has 1 N–H and O–H groups in total. The first-order chi connectivity index (χ1) is 9.70. The van der Waals surface area contributed by atoms with Gasteiger partial charge in [-0.3, -0.25) is 0 Å². The van der Waals surface area contributed by atoms with Crippen molar-refractivity contribution in [2.75, 3.05) is 6.61 Å². The van der Waals surface area contributed by atoms with Gasteiger partial charge in [-0.2, -0.15) is 0 Å². The molecule has 0 aromatic carbocycles. The molecule has 2 atom stereocenters. The van der Waals surface area contributed by atoms with Gasteiger partial charge >= 0.3 is 130 Å². The van der Waals surface area contributed by atoms with Crippen molar-refractivity contribution in [1.29, 1.82) is 0 Å². The average molecular weight is 391 g/mol. The summed E-state index contributed by atoms with van der Waals surface area (Å²) in [6.07, 6.45) is 9.83. The molecule has 0 bridgehead atoms. The summed E-state index contributed by atoms with van der Waals surface area (Å²) in [4.78, 5) is 0. The molecular formula is C17H36O2Sn. The monoisotopic (exact) mass is 392 g/mol. The maximum absolute atomic E-state index is 10.5. The predicted octanol–water partition coefficient (Wildman–Crippen LogP) is 4.91. The van der Waals surface area contributed by atoms with Gasteiger partial charge in [0, 0.05) is 0 Å². The van der Waals surface area contributed by atoms with Crippen molar-refractivity contribution >= 4 is 18.4 Å². The molecule has 1 rings (SSSR count). The molecule has 0 unspecified atom stereocenters. The van der Waals surface area contributed by atoms with Crippen LogP contribution in [0.2, 0.25) is 13.3 Å². The minimum atomic E-state index is -2.37. The molecule has 2 nitrogen and oxygen atoms in total. The fraction of sp³-hybridized carbons (Fsp3) is 1.00. The summed E-state index contributed by atoms with van der Waals surface area (Å²) in [5.41, 5.74) is 0. The summed E-state index contributed by atoms with van der Waals surface area (Å²) in [6.45, 7) is 7.79. The van der Waals surface area contributed by atoms with E-state index in [9.17, 15) is 5.11 Å². The van der Waals surface area contributed by atoms with Crippen LogP contribution in [0.15, 0.2) is 0 Å². The Morgan fingerprint density at radius 1 is 0.950 bits per heavy atom. The van der Waals surface area contributed by atoms with Gasteiger partial charge in [-0.1, -0.05) is 0 Å². The number of ether oxygens (including phenoxy) is 1. The molecule has 3 heteroatoms. The molecular weight excluding hydrogens is 355 g/mol. The number of hydrogen-bond donors (Lipinski definition) is 1. The Balaban J connectivity index is 2.85. The van der Waals surface area contributed by atoms with Gasteiger partial charge in [0.15, 0.2) is 0 Å². The van der Waals surface area contributed by atoms with Crippen molar-refractivity contribution in [3.63, 3.8) is 0 Å². The number of aliphatic hydroxyl groups excluding tert-OH is 1. The number of rotatable bonds is 10. The van der Waals surface area contributed by atoms with Crippen LogP contribution in [0.5, 0.6) is 0 Å². The minimum absolute atomic E-state index is 0.148. The van der Waals surface area contributed by atoms with Crippen LogP contribution >= 0.6 is 0 Å². The van der Waals surface area contributed by atoms with E-state index in [0.717, 1.165) is 19.4 Å². The molecule has 0 aromatic heterocycles. The molecule has 0 radical (unpaired) electrons. The molecule has 1 saturated heterocycles. The molecule has 1 aliphatic heterocycles. The van der Waals surface area contributed by atoms with E-state index in [1.165, 1.54) is 51.8 Å². The molecule has 0 aliphatic carbocycles. The third-order valence-corrected chi connectivity index (χ3v) is 21.6. The van der Waals surface area contributed by atoms with Crippen LogP contribution in [-0.4, -0.2) is 40.3 Å². The van der Waals surface area contributed by atoms with Crippen LogP contribution in [-0.2, 0) is 4.74 Å². The molecule has 0 amide bonds. The van der Waals surface area contributed by atoms with Crippen molar-refractivity contribution in [3.05, 3.63) is 0 Å². The summed E-state index contributed by atoms with van der Waals surface area (Å²) in [5.74, 6) is 0. The van der Waals surface area contributed by atoms with Gasteiger partial charge in [-0.05, 0) is 0 Å². The normalized spacial score (nSPS) is 24.0. The maximum atomic E-state index is 10.5. The first-order valence-corrected chi connectivity index (χ1v) is 16.7. The van der Waals surface area contributed by atoms with Crippen LogP contribution in [0.25, 0.3) is 0 Å². The molecule has 0 saturated carbocycles. The summed E-state index contributed by atoms with van der Waals surface area (Å²) >= 11 is -2.37. The Hall–Kier alpha value is 0.719. The van der Waals surface area contributed by atoms with Crippen molar-refractivity contribution < 1.29 is 9.84 Å². The van der Waals surface area contributed by atoms with Crippen LogP contribution in [0, 0.1) is 0 Å². The van der Waals surface area contributed by atoms with E-state index in [1.54, 1.807) is 0 Å². The zero-order chi connectivity index (χ0) is 14.8. The third-order valence-electron chi connectivity index (χ3n) is 4.98. The van der Waals surface area contributed by atoms with Gasteiger partial charge in [0.05, 0.1) is 0 Å². The van der Waals surface area contributed by atoms with Crippen molar-refractivity contribution in [3.8, 4) is 0 Å². The number of unbranched alkanes of at least 4 members (excludes halogenated alkanes) is 3. The summed E-state index contributed by atoms with van der Waals surface area (Å²) in [5, 5.41) is 10.5. The standard InChI is InChI=1S/C5H9O2.3C4H9.Sn/c6-5-2-1-3-7-4-5;3*1-3-4-2;/h4-6H,1-3H2;3*1,3-4H2,2H3;/t5-;;;;/m1..../s1. The Labute approximate surface area is 130 Å². The SMILES string of the molecule is CCC[CH2][Sn]([CH2]CCC)([CH2]CCC)[C@H]1OCCC[C@H]1O.